The van der Waals surface area contributed by atoms with E-state index in [-0.39, 0.29) is 12.5 Å². The van der Waals surface area contributed by atoms with Gasteiger partial charge in [-0.2, -0.15) is 0 Å². The summed E-state index contributed by atoms with van der Waals surface area (Å²) in [6, 6.07) is 9.99. The highest BCUT2D eigenvalue weighted by atomic mass is 16.5. The van der Waals surface area contributed by atoms with Crippen molar-refractivity contribution in [3.8, 4) is 17.1 Å². The number of ether oxygens (including phenoxy) is 1. The predicted octanol–water partition coefficient (Wildman–Crippen LogP) is 4.69. The van der Waals surface area contributed by atoms with Crippen LogP contribution in [0.5, 0.6) is 5.88 Å². The van der Waals surface area contributed by atoms with Gasteiger partial charge >= 0.3 is 5.97 Å². The Bertz CT molecular complexity index is 840. The molecule has 0 spiro atoms. The van der Waals surface area contributed by atoms with Crippen LogP contribution in [0.3, 0.4) is 0 Å². The number of hydrogen-bond acceptors (Lipinski definition) is 5. The van der Waals surface area contributed by atoms with Crippen molar-refractivity contribution in [2.45, 2.75) is 65.5 Å². The fourth-order valence-electron chi connectivity index (χ4n) is 4.05. The summed E-state index contributed by atoms with van der Waals surface area (Å²) < 4.78 is 6.19. The molecule has 6 heteroatoms. The van der Waals surface area contributed by atoms with Crippen molar-refractivity contribution in [3.63, 3.8) is 0 Å². The summed E-state index contributed by atoms with van der Waals surface area (Å²) >= 11 is 0. The normalized spacial score (nSPS) is 19.4. The topological polar surface area (TPSA) is 84.3 Å². The monoisotopic (exact) mass is 411 g/mol. The van der Waals surface area contributed by atoms with Crippen LogP contribution in [-0.2, 0) is 11.3 Å². The minimum Gasteiger partial charge on any atom is -0.481 e. The number of aliphatic carboxylic acids is 1. The molecule has 1 aliphatic rings. The van der Waals surface area contributed by atoms with E-state index in [1.807, 2.05) is 24.3 Å². The molecule has 3 rings (SSSR count). The largest absolute Gasteiger partial charge is 0.481 e. The number of rotatable bonds is 8. The van der Waals surface area contributed by atoms with Gasteiger partial charge in [-0.05, 0) is 48.6 Å². The van der Waals surface area contributed by atoms with Gasteiger partial charge in [-0.15, -0.1) is 0 Å². The van der Waals surface area contributed by atoms with Crippen molar-refractivity contribution in [2.75, 3.05) is 6.54 Å². The molecule has 1 aliphatic carbocycles. The summed E-state index contributed by atoms with van der Waals surface area (Å²) in [5, 5.41) is 11.9. The van der Waals surface area contributed by atoms with E-state index < -0.39 is 5.97 Å². The van der Waals surface area contributed by atoms with Crippen molar-refractivity contribution < 1.29 is 14.6 Å². The zero-order chi connectivity index (χ0) is 21.6. The van der Waals surface area contributed by atoms with E-state index in [1.165, 1.54) is 12.8 Å². The van der Waals surface area contributed by atoms with Crippen LogP contribution in [0.25, 0.3) is 11.3 Å². The molecule has 162 valence electrons. The van der Waals surface area contributed by atoms with E-state index in [4.69, 9.17) is 9.84 Å². The third-order valence-corrected chi connectivity index (χ3v) is 5.90. The zero-order valence-electron chi connectivity index (χ0n) is 18.2. The lowest BCUT2D eigenvalue weighted by Gasteiger charge is -2.36. The molecular formula is C24H33N3O3. The number of benzene rings is 1. The Hall–Kier alpha value is -2.47. The van der Waals surface area contributed by atoms with Gasteiger partial charge in [0.25, 0.3) is 0 Å². The van der Waals surface area contributed by atoms with Gasteiger partial charge in [0.15, 0.2) is 0 Å². The van der Waals surface area contributed by atoms with Crippen LogP contribution >= 0.6 is 0 Å². The minimum absolute atomic E-state index is 0.115. The molecule has 30 heavy (non-hydrogen) atoms. The molecule has 0 aliphatic heterocycles. The summed E-state index contributed by atoms with van der Waals surface area (Å²) in [5.41, 5.74) is 3.27. The lowest BCUT2D eigenvalue weighted by atomic mass is 9.72. The number of nitrogens with one attached hydrogen (secondary N) is 1. The van der Waals surface area contributed by atoms with Gasteiger partial charge in [0.1, 0.15) is 12.4 Å². The lowest BCUT2D eigenvalue weighted by Crippen LogP contribution is -2.30. The predicted molar refractivity (Wildman–Crippen MR) is 117 cm³/mol. The number of aromatic nitrogens is 2. The SMILES string of the molecule is CC(C)(C)[C@H]1CC[C@H](Oc2cc(-c3cccc(CNCCC(=O)O)c3)ncn2)CC1. The first kappa shape index (κ1) is 22.2. The van der Waals surface area contributed by atoms with Crippen LogP contribution in [0.15, 0.2) is 36.7 Å². The molecule has 6 nitrogen and oxygen atoms in total. The summed E-state index contributed by atoms with van der Waals surface area (Å²) in [7, 11) is 0. The van der Waals surface area contributed by atoms with E-state index in [2.05, 4.69) is 42.1 Å². The van der Waals surface area contributed by atoms with Crippen molar-refractivity contribution in [1.82, 2.24) is 15.3 Å². The minimum atomic E-state index is -0.795. The number of carboxylic acids is 1. The Labute approximate surface area is 179 Å². The second-order valence-corrected chi connectivity index (χ2v) is 9.22. The van der Waals surface area contributed by atoms with E-state index >= 15 is 0 Å². The molecule has 2 aromatic rings. The van der Waals surface area contributed by atoms with Crippen molar-refractivity contribution >= 4 is 5.97 Å². The number of hydrogen-bond donors (Lipinski definition) is 2. The fraction of sp³-hybridized carbons (Fsp3) is 0.542. The second-order valence-electron chi connectivity index (χ2n) is 9.22. The van der Waals surface area contributed by atoms with E-state index in [0.29, 0.717) is 24.4 Å². The molecule has 1 aromatic heterocycles. The molecule has 0 amide bonds. The van der Waals surface area contributed by atoms with Gasteiger partial charge in [-0.1, -0.05) is 39.0 Å². The quantitative estimate of drug-likeness (QED) is 0.613. The van der Waals surface area contributed by atoms with Gasteiger partial charge in [0.05, 0.1) is 12.1 Å². The maximum absolute atomic E-state index is 10.6. The molecule has 1 heterocycles. The number of nitrogens with zero attached hydrogens (tertiary/aromatic N) is 2. The Morgan fingerprint density at radius 1 is 1.17 bits per heavy atom. The van der Waals surface area contributed by atoms with E-state index in [9.17, 15) is 4.79 Å². The summed E-state index contributed by atoms with van der Waals surface area (Å²) in [4.78, 5) is 19.4. The fourth-order valence-corrected chi connectivity index (χ4v) is 4.05. The van der Waals surface area contributed by atoms with Crippen LogP contribution < -0.4 is 10.1 Å². The molecule has 0 saturated heterocycles. The Kier molecular flexibility index (Phi) is 7.43. The molecule has 1 aromatic carbocycles. The van der Waals surface area contributed by atoms with Gasteiger partial charge in [0, 0.05) is 24.7 Å². The van der Waals surface area contributed by atoms with Crippen molar-refractivity contribution in [1.29, 1.82) is 0 Å². The standard InChI is InChI=1S/C24H33N3O3/c1-24(2,3)19-7-9-20(10-8-19)30-22-14-21(26-16-27-22)18-6-4-5-17(13-18)15-25-12-11-23(28)29/h4-6,13-14,16,19-20,25H,7-12,15H2,1-3H3,(H,28,29)/t19-,20-. The lowest BCUT2D eigenvalue weighted by molar-refractivity contribution is -0.136. The maximum atomic E-state index is 10.6. The first-order valence-corrected chi connectivity index (χ1v) is 10.8. The number of carbonyl (C=O) groups is 1. The second kappa shape index (κ2) is 10.0. The summed E-state index contributed by atoms with van der Waals surface area (Å²) in [5.74, 6) is 0.589. The molecule has 0 bridgehead atoms. The smallest absolute Gasteiger partial charge is 0.304 e. The van der Waals surface area contributed by atoms with Crippen molar-refractivity contribution in [2.24, 2.45) is 11.3 Å². The van der Waals surface area contributed by atoms with Crippen LogP contribution in [0.1, 0.15) is 58.4 Å². The van der Waals surface area contributed by atoms with Gasteiger partial charge in [-0.3, -0.25) is 4.79 Å². The Morgan fingerprint density at radius 2 is 1.93 bits per heavy atom. The molecule has 0 atom stereocenters. The highest BCUT2D eigenvalue weighted by Gasteiger charge is 2.30. The summed E-state index contributed by atoms with van der Waals surface area (Å²) in [6.07, 6.45) is 6.42. The van der Waals surface area contributed by atoms with Crippen LogP contribution in [0, 0.1) is 11.3 Å². The average Bonchev–Trinajstić information content (AvgIpc) is 2.71. The third kappa shape index (κ3) is 6.52. The molecule has 0 radical (unpaired) electrons. The van der Waals surface area contributed by atoms with Crippen LogP contribution in [-0.4, -0.2) is 33.7 Å². The molecular weight excluding hydrogens is 378 g/mol. The summed E-state index contributed by atoms with van der Waals surface area (Å²) in [6.45, 7) is 8.04. The molecule has 2 N–H and O–H groups in total. The first-order chi connectivity index (χ1) is 14.3. The third-order valence-electron chi connectivity index (χ3n) is 5.90. The maximum Gasteiger partial charge on any atom is 0.304 e. The van der Waals surface area contributed by atoms with Crippen LogP contribution in [0.2, 0.25) is 0 Å². The van der Waals surface area contributed by atoms with E-state index in [1.54, 1.807) is 6.33 Å². The molecule has 1 saturated carbocycles. The Morgan fingerprint density at radius 3 is 2.63 bits per heavy atom. The van der Waals surface area contributed by atoms with Gasteiger partial charge in [0.2, 0.25) is 5.88 Å². The highest BCUT2D eigenvalue weighted by Crippen LogP contribution is 2.38. The van der Waals surface area contributed by atoms with Crippen LogP contribution in [0.4, 0.5) is 0 Å². The number of carboxylic acid groups (broad SMARTS) is 1. The van der Waals surface area contributed by atoms with Gasteiger partial charge in [-0.25, -0.2) is 9.97 Å². The average molecular weight is 412 g/mol. The van der Waals surface area contributed by atoms with E-state index in [0.717, 1.165) is 35.6 Å². The first-order valence-electron chi connectivity index (χ1n) is 10.8. The Balaban J connectivity index is 1.59. The zero-order valence-corrected chi connectivity index (χ0v) is 18.2. The van der Waals surface area contributed by atoms with Crippen molar-refractivity contribution in [3.05, 3.63) is 42.2 Å². The van der Waals surface area contributed by atoms with Gasteiger partial charge < -0.3 is 15.2 Å². The molecule has 0 unspecified atom stereocenters. The molecule has 1 fully saturated rings. The highest BCUT2D eigenvalue weighted by molar-refractivity contribution is 5.66.